The predicted octanol–water partition coefficient (Wildman–Crippen LogP) is 1.47. The van der Waals surface area contributed by atoms with Crippen LogP contribution in [0.2, 0.25) is 0 Å². The Labute approximate surface area is 111 Å². The van der Waals surface area contributed by atoms with Gasteiger partial charge in [-0.25, -0.2) is 9.97 Å². The molecule has 3 aromatic rings. The first-order chi connectivity index (χ1) is 9.22. The van der Waals surface area contributed by atoms with Gasteiger partial charge < -0.3 is 14.7 Å². The van der Waals surface area contributed by atoms with Gasteiger partial charge in [0.1, 0.15) is 11.5 Å². The van der Waals surface area contributed by atoms with Gasteiger partial charge in [-0.05, 0) is 19.1 Å². The number of rotatable bonds is 4. The van der Waals surface area contributed by atoms with E-state index in [2.05, 4.69) is 14.5 Å². The Morgan fingerprint density at radius 1 is 1.32 bits per heavy atom. The number of nitrogens with two attached hydrogens (primary N) is 1. The molecule has 3 rings (SSSR count). The molecule has 0 spiro atoms. The van der Waals surface area contributed by atoms with E-state index < -0.39 is 0 Å². The highest BCUT2D eigenvalue weighted by atomic mass is 15.1. The molecule has 0 saturated carbocycles. The molecular formula is C14H17N5. The van der Waals surface area contributed by atoms with Crippen molar-refractivity contribution in [1.29, 1.82) is 0 Å². The van der Waals surface area contributed by atoms with Crippen LogP contribution in [0.15, 0.2) is 43.0 Å². The van der Waals surface area contributed by atoms with Gasteiger partial charge in [0, 0.05) is 37.3 Å². The molecule has 98 valence electrons. The smallest absolute Gasteiger partial charge is 0.137 e. The van der Waals surface area contributed by atoms with Crippen LogP contribution in [0.25, 0.3) is 5.65 Å². The van der Waals surface area contributed by atoms with E-state index in [1.165, 1.54) is 0 Å². The quantitative estimate of drug-likeness (QED) is 0.768. The molecule has 1 atom stereocenters. The standard InChI is InChI=1S/C14H17N5/c1-11(15)8-14-16-5-7-19(14)10-12-9-18-6-3-2-4-13(18)17-12/h2-7,9,11H,8,10,15H2,1H3. The minimum absolute atomic E-state index is 0.113. The number of pyridine rings is 1. The summed E-state index contributed by atoms with van der Waals surface area (Å²) in [6, 6.07) is 6.10. The first kappa shape index (κ1) is 11.9. The summed E-state index contributed by atoms with van der Waals surface area (Å²) in [5.74, 6) is 1.01. The van der Waals surface area contributed by atoms with E-state index in [1.807, 2.05) is 54.3 Å². The monoisotopic (exact) mass is 255 g/mol. The molecule has 0 aliphatic heterocycles. The second-order valence-corrected chi connectivity index (χ2v) is 4.85. The van der Waals surface area contributed by atoms with E-state index in [0.29, 0.717) is 0 Å². The topological polar surface area (TPSA) is 61.1 Å². The van der Waals surface area contributed by atoms with E-state index in [-0.39, 0.29) is 6.04 Å². The van der Waals surface area contributed by atoms with E-state index in [0.717, 1.165) is 30.1 Å². The van der Waals surface area contributed by atoms with Crippen molar-refractivity contribution in [3.05, 3.63) is 54.5 Å². The Kier molecular flexibility index (Phi) is 3.05. The maximum Gasteiger partial charge on any atom is 0.137 e. The van der Waals surface area contributed by atoms with Gasteiger partial charge in [-0.3, -0.25) is 0 Å². The van der Waals surface area contributed by atoms with Gasteiger partial charge in [-0.2, -0.15) is 0 Å². The van der Waals surface area contributed by atoms with Crippen LogP contribution in [-0.4, -0.2) is 25.0 Å². The van der Waals surface area contributed by atoms with E-state index in [9.17, 15) is 0 Å². The zero-order valence-corrected chi connectivity index (χ0v) is 10.9. The zero-order chi connectivity index (χ0) is 13.2. The number of fused-ring (bicyclic) bond motifs is 1. The Balaban J connectivity index is 1.86. The lowest BCUT2D eigenvalue weighted by molar-refractivity contribution is 0.644. The third kappa shape index (κ3) is 2.51. The Hall–Kier alpha value is -2.14. The molecule has 0 saturated heterocycles. The number of imidazole rings is 2. The highest BCUT2D eigenvalue weighted by Gasteiger charge is 2.08. The van der Waals surface area contributed by atoms with Crippen molar-refractivity contribution in [1.82, 2.24) is 18.9 Å². The molecule has 0 aliphatic rings. The average Bonchev–Trinajstić information content (AvgIpc) is 2.95. The summed E-state index contributed by atoms with van der Waals surface area (Å²) >= 11 is 0. The van der Waals surface area contributed by atoms with Gasteiger partial charge >= 0.3 is 0 Å². The fraction of sp³-hybridized carbons (Fsp3) is 0.286. The van der Waals surface area contributed by atoms with Gasteiger partial charge in [0.2, 0.25) is 0 Å². The lowest BCUT2D eigenvalue weighted by atomic mass is 10.2. The van der Waals surface area contributed by atoms with Crippen LogP contribution in [0, 0.1) is 0 Å². The maximum atomic E-state index is 5.83. The van der Waals surface area contributed by atoms with E-state index in [4.69, 9.17) is 5.73 Å². The summed E-state index contributed by atoms with van der Waals surface area (Å²) in [4.78, 5) is 8.95. The number of hydrogen-bond acceptors (Lipinski definition) is 3. The summed E-state index contributed by atoms with van der Waals surface area (Å²) in [5.41, 5.74) is 7.82. The molecule has 5 heteroatoms. The summed E-state index contributed by atoms with van der Waals surface area (Å²) in [5, 5.41) is 0. The van der Waals surface area contributed by atoms with Crippen molar-refractivity contribution in [2.45, 2.75) is 25.9 Å². The molecule has 0 aromatic carbocycles. The molecule has 2 N–H and O–H groups in total. The lowest BCUT2D eigenvalue weighted by Crippen LogP contribution is -2.20. The third-order valence-corrected chi connectivity index (χ3v) is 3.05. The normalized spacial score (nSPS) is 12.9. The molecule has 0 fully saturated rings. The largest absolute Gasteiger partial charge is 0.329 e. The average molecular weight is 255 g/mol. The highest BCUT2D eigenvalue weighted by Crippen LogP contribution is 2.08. The first-order valence-corrected chi connectivity index (χ1v) is 6.40. The Morgan fingerprint density at radius 3 is 3.00 bits per heavy atom. The second-order valence-electron chi connectivity index (χ2n) is 4.85. The minimum Gasteiger partial charge on any atom is -0.329 e. The van der Waals surface area contributed by atoms with E-state index >= 15 is 0 Å². The van der Waals surface area contributed by atoms with Crippen LogP contribution in [0.1, 0.15) is 18.4 Å². The van der Waals surface area contributed by atoms with Crippen LogP contribution in [0.5, 0.6) is 0 Å². The van der Waals surface area contributed by atoms with Crippen LogP contribution >= 0.6 is 0 Å². The van der Waals surface area contributed by atoms with Crippen molar-refractivity contribution in [3.63, 3.8) is 0 Å². The summed E-state index contributed by atoms with van der Waals surface area (Å²) in [6.07, 6.45) is 8.61. The molecule has 0 radical (unpaired) electrons. The van der Waals surface area contributed by atoms with Crippen LogP contribution in [-0.2, 0) is 13.0 Å². The maximum absolute atomic E-state index is 5.83. The highest BCUT2D eigenvalue weighted by molar-refractivity contribution is 5.39. The fourth-order valence-electron chi connectivity index (χ4n) is 2.20. The molecule has 1 unspecified atom stereocenters. The second kappa shape index (κ2) is 4.85. The fourth-order valence-corrected chi connectivity index (χ4v) is 2.20. The van der Waals surface area contributed by atoms with Crippen LogP contribution in [0.4, 0.5) is 0 Å². The van der Waals surface area contributed by atoms with E-state index in [1.54, 1.807) is 0 Å². The Bertz CT molecular complexity index is 647. The van der Waals surface area contributed by atoms with Crippen LogP contribution < -0.4 is 5.73 Å². The van der Waals surface area contributed by atoms with Gasteiger partial charge in [0.05, 0.1) is 12.2 Å². The molecule has 19 heavy (non-hydrogen) atoms. The minimum atomic E-state index is 0.113. The number of aromatic nitrogens is 4. The van der Waals surface area contributed by atoms with Crippen molar-refractivity contribution in [2.75, 3.05) is 0 Å². The number of hydrogen-bond donors (Lipinski definition) is 1. The van der Waals surface area contributed by atoms with Gasteiger partial charge in [-0.1, -0.05) is 6.07 Å². The molecule has 0 bridgehead atoms. The molecular weight excluding hydrogens is 238 g/mol. The predicted molar refractivity (Wildman–Crippen MR) is 73.9 cm³/mol. The molecule has 3 heterocycles. The summed E-state index contributed by atoms with van der Waals surface area (Å²) in [7, 11) is 0. The van der Waals surface area contributed by atoms with Gasteiger partial charge in [0.25, 0.3) is 0 Å². The zero-order valence-electron chi connectivity index (χ0n) is 10.9. The number of nitrogens with zero attached hydrogens (tertiary/aromatic N) is 4. The van der Waals surface area contributed by atoms with Crippen molar-refractivity contribution in [3.8, 4) is 0 Å². The van der Waals surface area contributed by atoms with Crippen molar-refractivity contribution in [2.24, 2.45) is 5.73 Å². The Morgan fingerprint density at radius 2 is 2.21 bits per heavy atom. The summed E-state index contributed by atoms with van der Waals surface area (Å²) in [6.45, 7) is 2.72. The van der Waals surface area contributed by atoms with Gasteiger partial charge in [-0.15, -0.1) is 0 Å². The molecule has 0 amide bonds. The SMILES string of the molecule is CC(N)Cc1nccn1Cc1cn2ccccc2n1. The first-order valence-electron chi connectivity index (χ1n) is 6.40. The molecule has 0 aliphatic carbocycles. The van der Waals surface area contributed by atoms with Crippen molar-refractivity contribution < 1.29 is 0 Å². The van der Waals surface area contributed by atoms with Crippen molar-refractivity contribution >= 4 is 5.65 Å². The molecule has 3 aromatic heterocycles. The van der Waals surface area contributed by atoms with Gasteiger partial charge in [0.15, 0.2) is 0 Å². The summed E-state index contributed by atoms with van der Waals surface area (Å²) < 4.78 is 4.13. The van der Waals surface area contributed by atoms with Crippen LogP contribution in [0.3, 0.4) is 0 Å². The lowest BCUT2D eigenvalue weighted by Gasteiger charge is -2.07. The third-order valence-electron chi connectivity index (χ3n) is 3.05. The molecule has 5 nitrogen and oxygen atoms in total.